The van der Waals surface area contributed by atoms with Crippen molar-refractivity contribution in [3.05, 3.63) is 29.8 Å². The van der Waals surface area contributed by atoms with Gasteiger partial charge in [0.1, 0.15) is 0 Å². The second-order valence-electron chi connectivity index (χ2n) is 6.84. The van der Waals surface area contributed by atoms with E-state index in [1.165, 1.54) is 0 Å². The highest BCUT2D eigenvalue weighted by molar-refractivity contribution is 7.54. The third kappa shape index (κ3) is 5.37. The van der Waals surface area contributed by atoms with Crippen LogP contribution in [0.5, 0.6) is 0 Å². The van der Waals surface area contributed by atoms with Gasteiger partial charge in [-0.3, -0.25) is 9.36 Å². The first-order valence-corrected chi connectivity index (χ1v) is 11.4. The first kappa shape index (κ1) is 22.5. The third-order valence-corrected chi connectivity index (χ3v) is 7.21. The minimum atomic E-state index is -3.33. The van der Waals surface area contributed by atoms with Crippen LogP contribution in [0.2, 0.25) is 0 Å². The van der Waals surface area contributed by atoms with Crippen molar-refractivity contribution in [3.63, 3.8) is 0 Å². The van der Waals surface area contributed by atoms with E-state index in [2.05, 4.69) is 10.4 Å². The van der Waals surface area contributed by atoms with Crippen LogP contribution < -0.4 is 16.1 Å². The molecule has 27 heavy (non-hydrogen) atoms. The number of anilines is 1. The number of benzene rings is 1. The minimum absolute atomic E-state index is 0.215. The number of nitrogens with two attached hydrogens (primary N) is 1. The molecule has 0 aliphatic carbocycles. The van der Waals surface area contributed by atoms with Crippen molar-refractivity contribution in [1.29, 1.82) is 0 Å². The van der Waals surface area contributed by atoms with Crippen LogP contribution in [0.15, 0.2) is 24.3 Å². The van der Waals surface area contributed by atoms with E-state index in [0.717, 1.165) is 5.56 Å². The summed E-state index contributed by atoms with van der Waals surface area (Å²) in [5.74, 6) is 0.375. The lowest BCUT2D eigenvalue weighted by molar-refractivity contribution is -0.126. The number of alkyl halides is 2. The molecule has 7 nitrogen and oxygen atoms in total. The van der Waals surface area contributed by atoms with Crippen molar-refractivity contribution in [2.75, 3.05) is 37.2 Å². The molecular formula is C17H27Cl2N4O3P. The van der Waals surface area contributed by atoms with Gasteiger partial charge in [-0.25, -0.2) is 9.76 Å². The maximum absolute atomic E-state index is 13.2. The highest BCUT2D eigenvalue weighted by Gasteiger charge is 2.40. The Morgan fingerprint density at radius 1 is 1.37 bits per heavy atom. The zero-order valence-electron chi connectivity index (χ0n) is 15.6. The zero-order chi connectivity index (χ0) is 20.1. The lowest BCUT2D eigenvalue weighted by Gasteiger charge is -2.38. The molecule has 1 fully saturated rings. The Morgan fingerprint density at radius 2 is 2.00 bits per heavy atom. The largest absolute Gasteiger partial charge is 0.398 e. The van der Waals surface area contributed by atoms with Gasteiger partial charge in [0.25, 0.3) is 0 Å². The van der Waals surface area contributed by atoms with Gasteiger partial charge in [-0.2, -0.15) is 0 Å². The lowest BCUT2D eigenvalue weighted by Crippen LogP contribution is -2.54. The van der Waals surface area contributed by atoms with Crippen LogP contribution in [0.25, 0.3) is 0 Å². The summed E-state index contributed by atoms with van der Waals surface area (Å²) in [6.07, 6.45) is 0.000484. The van der Waals surface area contributed by atoms with E-state index < -0.39 is 19.3 Å². The third-order valence-electron chi connectivity index (χ3n) is 4.56. The van der Waals surface area contributed by atoms with Crippen LogP contribution in [0.3, 0.4) is 0 Å². The second kappa shape index (κ2) is 9.59. The van der Waals surface area contributed by atoms with Crippen molar-refractivity contribution in [2.24, 2.45) is 0 Å². The number of hydrogen-bond acceptors (Lipinski definition) is 4. The molecule has 2 unspecified atom stereocenters. The first-order valence-electron chi connectivity index (χ1n) is 8.80. The van der Waals surface area contributed by atoms with Crippen LogP contribution in [0, 0.1) is 0 Å². The fourth-order valence-corrected chi connectivity index (χ4v) is 5.67. The maximum atomic E-state index is 13.2. The van der Waals surface area contributed by atoms with Crippen molar-refractivity contribution in [1.82, 2.24) is 15.1 Å². The van der Waals surface area contributed by atoms with E-state index in [0.29, 0.717) is 37.0 Å². The number of halogens is 2. The molecule has 10 heteroatoms. The molecule has 1 aromatic carbocycles. The second-order valence-corrected chi connectivity index (χ2v) is 9.72. The summed E-state index contributed by atoms with van der Waals surface area (Å²) in [5, 5.41) is 5.88. The summed E-state index contributed by atoms with van der Waals surface area (Å²) in [6.45, 7) is 4.60. The molecule has 4 N–H and O–H groups in total. The maximum Gasteiger partial charge on any atom is 0.345 e. The number of rotatable bonds is 8. The van der Waals surface area contributed by atoms with Crippen LogP contribution >= 0.6 is 30.9 Å². The number of nitrogens with one attached hydrogen (secondary N) is 2. The van der Waals surface area contributed by atoms with Crippen LogP contribution in [0.4, 0.5) is 5.69 Å². The number of hydrogen-bond donors (Lipinski definition) is 3. The molecule has 0 saturated carbocycles. The average Bonchev–Trinajstić information content (AvgIpc) is 2.61. The van der Waals surface area contributed by atoms with Gasteiger partial charge in [0.2, 0.25) is 5.91 Å². The highest BCUT2D eigenvalue weighted by Crippen LogP contribution is 2.49. The first-order chi connectivity index (χ1) is 12.7. The summed E-state index contributed by atoms with van der Waals surface area (Å²) < 4.78 is 20.3. The van der Waals surface area contributed by atoms with Gasteiger partial charge < -0.3 is 15.6 Å². The van der Waals surface area contributed by atoms with Crippen molar-refractivity contribution in [2.45, 2.75) is 31.8 Å². The van der Waals surface area contributed by atoms with Crippen molar-refractivity contribution >= 4 is 42.5 Å². The normalized spacial score (nSPS) is 23.4. The highest BCUT2D eigenvalue weighted by atomic mass is 35.5. The van der Waals surface area contributed by atoms with E-state index in [9.17, 15) is 9.36 Å². The average molecular weight is 437 g/mol. The number of carbonyl (C=O) groups excluding carboxylic acids is 1. The zero-order valence-corrected chi connectivity index (χ0v) is 18.0. The topological polar surface area (TPSA) is 96.7 Å². The van der Waals surface area contributed by atoms with E-state index >= 15 is 0 Å². The molecule has 1 aliphatic rings. The van der Waals surface area contributed by atoms with Gasteiger partial charge in [0.05, 0.1) is 18.2 Å². The molecule has 0 spiro atoms. The van der Waals surface area contributed by atoms with E-state index in [1.807, 2.05) is 18.2 Å². The van der Waals surface area contributed by atoms with Crippen molar-refractivity contribution in [3.8, 4) is 0 Å². The van der Waals surface area contributed by atoms with Gasteiger partial charge in [-0.05, 0) is 25.5 Å². The molecule has 1 amide bonds. The van der Waals surface area contributed by atoms with Gasteiger partial charge in [0, 0.05) is 37.0 Å². The Bertz CT molecular complexity index is 699. The van der Waals surface area contributed by atoms with E-state index in [1.54, 1.807) is 24.6 Å². The molecule has 1 saturated heterocycles. The van der Waals surface area contributed by atoms with Gasteiger partial charge in [0.15, 0.2) is 0 Å². The Balaban J connectivity index is 2.11. The molecule has 0 aromatic heterocycles. The van der Waals surface area contributed by atoms with Crippen molar-refractivity contribution < 1.29 is 13.9 Å². The predicted octanol–water partition coefficient (Wildman–Crippen LogP) is 2.89. The van der Waals surface area contributed by atoms with Gasteiger partial charge in [-0.1, -0.05) is 18.2 Å². The smallest absolute Gasteiger partial charge is 0.345 e. The van der Waals surface area contributed by atoms with Crippen LogP contribution in [0.1, 0.15) is 25.8 Å². The molecule has 0 radical (unpaired) electrons. The van der Waals surface area contributed by atoms with E-state index in [-0.39, 0.29) is 12.5 Å². The monoisotopic (exact) mass is 436 g/mol. The number of nitrogens with zero attached hydrogens (tertiary/aromatic N) is 1. The molecule has 1 aliphatic heterocycles. The van der Waals surface area contributed by atoms with Gasteiger partial charge in [-0.15, -0.1) is 23.2 Å². The molecule has 2 rings (SSSR count). The molecule has 1 heterocycles. The Hall–Kier alpha value is -0.820. The molecule has 1 aromatic rings. The molecule has 152 valence electrons. The fraction of sp³-hybridized carbons (Fsp3) is 0.588. The summed E-state index contributed by atoms with van der Waals surface area (Å²) in [7, 11) is -3.33. The Kier molecular flexibility index (Phi) is 7.98. The molecular weight excluding hydrogens is 410 g/mol. The summed E-state index contributed by atoms with van der Waals surface area (Å²) >= 11 is 11.6. The fourth-order valence-electron chi connectivity index (χ4n) is 2.96. The summed E-state index contributed by atoms with van der Waals surface area (Å²) in [5.41, 5.74) is 6.48. The predicted molar refractivity (Wildman–Crippen MR) is 110 cm³/mol. The quantitative estimate of drug-likeness (QED) is 0.329. The van der Waals surface area contributed by atoms with E-state index in [4.69, 9.17) is 33.5 Å². The Labute approximate surface area is 170 Å². The SMILES string of the molecule is CC(C)(C(=O)NC1CCOP(=O)(N(CCCl)CCCl)N1)c1ccccc1N. The van der Waals surface area contributed by atoms with Crippen LogP contribution in [-0.2, 0) is 19.3 Å². The minimum Gasteiger partial charge on any atom is -0.398 e. The number of para-hydroxylation sites is 1. The summed E-state index contributed by atoms with van der Waals surface area (Å²) in [4.78, 5) is 12.9. The lowest BCUT2D eigenvalue weighted by atomic mass is 9.82. The Morgan fingerprint density at radius 3 is 2.59 bits per heavy atom. The molecule has 0 bridgehead atoms. The standard InChI is InChI=1S/C17H27Cl2N4O3P/c1-17(2,13-5-3-4-6-14(13)20)16(24)21-15-7-12-26-27(25,22-15)23(10-8-18)11-9-19/h3-6,15H,7-12,20H2,1-2H3,(H,21,24)(H,22,25). The van der Waals surface area contributed by atoms with Crippen LogP contribution in [-0.4, -0.2) is 48.2 Å². The molecule has 2 atom stereocenters. The summed E-state index contributed by atoms with van der Waals surface area (Å²) in [6, 6.07) is 7.27. The number of carbonyl (C=O) groups is 1. The number of amides is 1. The van der Waals surface area contributed by atoms with Gasteiger partial charge >= 0.3 is 7.67 Å². The number of nitrogen functional groups attached to an aromatic ring is 1.